The van der Waals surface area contributed by atoms with E-state index in [0.29, 0.717) is 16.9 Å². The van der Waals surface area contributed by atoms with Crippen molar-refractivity contribution < 1.29 is 13.9 Å². The summed E-state index contributed by atoms with van der Waals surface area (Å²) in [6.45, 7) is 1.91. The van der Waals surface area contributed by atoms with Crippen LogP contribution in [0.15, 0.2) is 42.5 Å². The second-order valence-corrected chi connectivity index (χ2v) is 4.38. The molecule has 0 saturated heterocycles. The van der Waals surface area contributed by atoms with Gasteiger partial charge in [-0.05, 0) is 30.2 Å². The minimum absolute atomic E-state index is 0.0545. The van der Waals surface area contributed by atoms with E-state index in [1.165, 1.54) is 6.07 Å². The number of hydrogen-bond acceptors (Lipinski definition) is 2. The lowest BCUT2D eigenvalue weighted by Crippen LogP contribution is -2.05. The van der Waals surface area contributed by atoms with Crippen molar-refractivity contribution in [3.8, 4) is 5.75 Å². The molecule has 0 fully saturated rings. The first-order valence-corrected chi connectivity index (χ1v) is 6.03. The molecule has 2 aromatic carbocycles. The van der Waals surface area contributed by atoms with Gasteiger partial charge >= 0.3 is 0 Å². The molecule has 0 radical (unpaired) electrons. The van der Waals surface area contributed by atoms with Crippen molar-refractivity contribution in [1.29, 1.82) is 0 Å². The number of ketones is 1. The minimum Gasteiger partial charge on any atom is -0.496 e. The second-order valence-electron chi connectivity index (χ2n) is 4.38. The third-order valence-electron chi connectivity index (χ3n) is 3.04. The fourth-order valence-electron chi connectivity index (χ4n) is 1.91. The van der Waals surface area contributed by atoms with Gasteiger partial charge in [-0.15, -0.1) is 0 Å². The van der Waals surface area contributed by atoms with E-state index in [9.17, 15) is 9.18 Å². The Morgan fingerprint density at radius 3 is 2.63 bits per heavy atom. The SMILES string of the molecule is COc1cc(C(=O)Cc2ccccc2F)ccc1C. The number of ether oxygens (including phenoxy) is 1. The maximum Gasteiger partial charge on any atom is 0.167 e. The van der Waals surface area contributed by atoms with Crippen LogP contribution >= 0.6 is 0 Å². The molecule has 0 amide bonds. The van der Waals surface area contributed by atoms with E-state index in [4.69, 9.17) is 4.74 Å². The summed E-state index contributed by atoms with van der Waals surface area (Å²) >= 11 is 0. The predicted octanol–water partition coefficient (Wildman–Crippen LogP) is 3.57. The van der Waals surface area contributed by atoms with Gasteiger partial charge in [0.05, 0.1) is 7.11 Å². The molecule has 0 aliphatic rings. The summed E-state index contributed by atoms with van der Waals surface area (Å²) < 4.78 is 18.7. The Morgan fingerprint density at radius 1 is 1.21 bits per heavy atom. The van der Waals surface area contributed by atoms with Crippen LogP contribution in [0.5, 0.6) is 5.75 Å². The van der Waals surface area contributed by atoms with Crippen molar-refractivity contribution in [2.45, 2.75) is 13.3 Å². The van der Waals surface area contributed by atoms with Crippen LogP contribution in [-0.2, 0) is 6.42 Å². The molecule has 2 aromatic rings. The summed E-state index contributed by atoms with van der Waals surface area (Å²) in [5.74, 6) is 0.192. The molecule has 0 aromatic heterocycles. The molecule has 0 saturated carbocycles. The lowest BCUT2D eigenvalue weighted by molar-refractivity contribution is 0.0991. The maximum atomic E-state index is 13.5. The number of Topliss-reactive ketones (excluding diaryl/α,β-unsaturated/α-hetero) is 1. The van der Waals surface area contributed by atoms with Crippen LogP contribution in [0, 0.1) is 12.7 Å². The lowest BCUT2D eigenvalue weighted by Gasteiger charge is -2.07. The van der Waals surface area contributed by atoms with Gasteiger partial charge in [-0.1, -0.05) is 30.3 Å². The predicted molar refractivity (Wildman–Crippen MR) is 72.2 cm³/mol. The first kappa shape index (κ1) is 13.3. The lowest BCUT2D eigenvalue weighted by atomic mass is 10.0. The van der Waals surface area contributed by atoms with Gasteiger partial charge in [0.25, 0.3) is 0 Å². The molecule has 0 N–H and O–H groups in total. The molecule has 19 heavy (non-hydrogen) atoms. The third-order valence-corrected chi connectivity index (χ3v) is 3.04. The molecule has 0 spiro atoms. The van der Waals surface area contributed by atoms with Crippen LogP contribution in [0.4, 0.5) is 4.39 Å². The van der Waals surface area contributed by atoms with Crippen LogP contribution in [0.3, 0.4) is 0 Å². The van der Waals surface area contributed by atoms with Gasteiger partial charge in [0.1, 0.15) is 11.6 Å². The number of rotatable bonds is 4. The monoisotopic (exact) mass is 258 g/mol. The van der Waals surface area contributed by atoms with Crippen molar-refractivity contribution >= 4 is 5.78 Å². The molecule has 98 valence electrons. The number of hydrogen-bond donors (Lipinski definition) is 0. The molecular weight excluding hydrogens is 243 g/mol. The molecule has 2 nitrogen and oxygen atoms in total. The van der Waals surface area contributed by atoms with Gasteiger partial charge in [-0.25, -0.2) is 4.39 Å². The number of halogens is 1. The highest BCUT2D eigenvalue weighted by Crippen LogP contribution is 2.20. The summed E-state index contributed by atoms with van der Waals surface area (Å²) in [4.78, 5) is 12.1. The highest BCUT2D eigenvalue weighted by Gasteiger charge is 2.11. The Bertz CT molecular complexity index is 605. The molecule has 0 aliphatic heterocycles. The topological polar surface area (TPSA) is 26.3 Å². The first-order valence-electron chi connectivity index (χ1n) is 6.03. The van der Waals surface area contributed by atoms with Crippen molar-refractivity contribution in [2.24, 2.45) is 0 Å². The molecule has 0 aliphatic carbocycles. The fraction of sp³-hybridized carbons (Fsp3) is 0.188. The Balaban J connectivity index is 2.23. The zero-order valence-corrected chi connectivity index (χ0v) is 10.9. The first-order chi connectivity index (χ1) is 9.11. The van der Waals surface area contributed by atoms with Gasteiger partial charge in [0.2, 0.25) is 0 Å². The standard InChI is InChI=1S/C16H15FO2/c1-11-7-8-13(10-16(11)19-2)15(18)9-12-5-3-4-6-14(12)17/h3-8,10H,9H2,1-2H3. The Morgan fingerprint density at radius 2 is 1.95 bits per heavy atom. The maximum absolute atomic E-state index is 13.5. The van der Waals surface area contributed by atoms with Crippen LogP contribution < -0.4 is 4.74 Å². The van der Waals surface area contributed by atoms with Crippen LogP contribution in [0.25, 0.3) is 0 Å². The van der Waals surface area contributed by atoms with E-state index >= 15 is 0 Å². The molecular formula is C16H15FO2. The third kappa shape index (κ3) is 2.99. The van der Waals surface area contributed by atoms with Gasteiger partial charge < -0.3 is 4.74 Å². The molecule has 3 heteroatoms. The highest BCUT2D eigenvalue weighted by molar-refractivity contribution is 5.98. The Labute approximate surface area is 111 Å². The van der Waals surface area contributed by atoms with Crippen molar-refractivity contribution in [3.63, 3.8) is 0 Å². The summed E-state index contributed by atoms with van der Waals surface area (Å²) in [6.07, 6.45) is 0.0545. The van der Waals surface area contributed by atoms with E-state index < -0.39 is 0 Å². The number of benzene rings is 2. The largest absolute Gasteiger partial charge is 0.496 e. The zero-order chi connectivity index (χ0) is 13.8. The normalized spacial score (nSPS) is 10.3. The van der Waals surface area contributed by atoms with E-state index in [1.807, 2.05) is 13.0 Å². The molecule has 2 rings (SSSR count). The number of methoxy groups -OCH3 is 1. The Hall–Kier alpha value is -2.16. The highest BCUT2D eigenvalue weighted by atomic mass is 19.1. The van der Waals surface area contributed by atoms with Crippen molar-refractivity contribution in [1.82, 2.24) is 0 Å². The minimum atomic E-state index is -0.352. The average Bonchev–Trinajstić information content (AvgIpc) is 2.42. The van der Waals surface area contributed by atoms with E-state index in [2.05, 4.69) is 0 Å². The van der Waals surface area contributed by atoms with Crippen LogP contribution in [0.1, 0.15) is 21.5 Å². The smallest absolute Gasteiger partial charge is 0.167 e. The number of aryl methyl sites for hydroxylation is 1. The van der Waals surface area contributed by atoms with Crippen molar-refractivity contribution in [2.75, 3.05) is 7.11 Å². The van der Waals surface area contributed by atoms with E-state index in [-0.39, 0.29) is 18.0 Å². The van der Waals surface area contributed by atoms with Crippen molar-refractivity contribution in [3.05, 3.63) is 65.0 Å². The number of carbonyl (C=O) groups excluding carboxylic acids is 1. The van der Waals surface area contributed by atoms with Gasteiger partial charge in [-0.2, -0.15) is 0 Å². The molecule has 0 heterocycles. The summed E-state index contributed by atoms with van der Waals surface area (Å²) in [7, 11) is 1.56. The van der Waals surface area contributed by atoms with Gasteiger partial charge in [-0.3, -0.25) is 4.79 Å². The van der Waals surface area contributed by atoms with Crippen LogP contribution in [-0.4, -0.2) is 12.9 Å². The van der Waals surface area contributed by atoms with Gasteiger partial charge in [0, 0.05) is 12.0 Å². The van der Waals surface area contributed by atoms with Crippen LogP contribution in [0.2, 0.25) is 0 Å². The molecule has 0 unspecified atom stereocenters. The molecule has 0 atom stereocenters. The zero-order valence-electron chi connectivity index (χ0n) is 10.9. The summed E-state index contributed by atoms with van der Waals surface area (Å²) in [6, 6.07) is 11.6. The summed E-state index contributed by atoms with van der Waals surface area (Å²) in [5, 5.41) is 0. The fourth-order valence-corrected chi connectivity index (χ4v) is 1.91. The Kier molecular flexibility index (Phi) is 3.95. The van der Waals surface area contributed by atoms with Gasteiger partial charge in [0.15, 0.2) is 5.78 Å². The van der Waals surface area contributed by atoms with E-state index in [0.717, 1.165) is 5.56 Å². The number of carbonyl (C=O) groups is 1. The second kappa shape index (κ2) is 5.65. The van der Waals surface area contributed by atoms with E-state index in [1.54, 1.807) is 37.4 Å². The molecule has 0 bridgehead atoms. The summed E-state index contributed by atoms with van der Waals surface area (Å²) in [5.41, 5.74) is 1.91. The average molecular weight is 258 g/mol. The quantitative estimate of drug-likeness (QED) is 0.784.